The van der Waals surface area contributed by atoms with Gasteiger partial charge in [0.1, 0.15) is 0 Å². The SMILES string of the molecule is CCCCCCCOc1nc(Cl)nnc1Cl. The van der Waals surface area contributed by atoms with Crippen molar-refractivity contribution in [1.82, 2.24) is 15.2 Å². The molecular formula is C10H15Cl2N3O. The van der Waals surface area contributed by atoms with Crippen molar-refractivity contribution in [1.29, 1.82) is 0 Å². The molecule has 0 N–H and O–H groups in total. The van der Waals surface area contributed by atoms with E-state index in [4.69, 9.17) is 27.9 Å². The average molecular weight is 264 g/mol. The van der Waals surface area contributed by atoms with Gasteiger partial charge in [-0.2, -0.15) is 4.98 Å². The van der Waals surface area contributed by atoms with E-state index in [1.165, 1.54) is 19.3 Å². The van der Waals surface area contributed by atoms with E-state index in [0.717, 1.165) is 12.8 Å². The van der Waals surface area contributed by atoms with Gasteiger partial charge in [0.25, 0.3) is 5.88 Å². The predicted octanol–water partition coefficient (Wildman–Crippen LogP) is 3.53. The van der Waals surface area contributed by atoms with Crippen molar-refractivity contribution in [2.45, 2.75) is 39.0 Å². The lowest BCUT2D eigenvalue weighted by molar-refractivity contribution is 0.291. The monoisotopic (exact) mass is 263 g/mol. The molecule has 1 aromatic rings. The van der Waals surface area contributed by atoms with E-state index >= 15 is 0 Å². The smallest absolute Gasteiger partial charge is 0.256 e. The first kappa shape index (κ1) is 13.5. The Morgan fingerprint density at radius 3 is 2.56 bits per heavy atom. The Morgan fingerprint density at radius 2 is 1.81 bits per heavy atom. The Kier molecular flexibility index (Phi) is 6.42. The van der Waals surface area contributed by atoms with Crippen molar-refractivity contribution in [2.24, 2.45) is 0 Å². The van der Waals surface area contributed by atoms with E-state index in [1.807, 2.05) is 0 Å². The topological polar surface area (TPSA) is 47.9 Å². The van der Waals surface area contributed by atoms with Crippen LogP contribution < -0.4 is 4.74 Å². The van der Waals surface area contributed by atoms with Gasteiger partial charge in [0, 0.05) is 0 Å². The maximum absolute atomic E-state index is 5.74. The fourth-order valence-electron chi connectivity index (χ4n) is 1.25. The van der Waals surface area contributed by atoms with Crippen molar-refractivity contribution < 1.29 is 4.74 Å². The number of aromatic nitrogens is 3. The van der Waals surface area contributed by atoms with E-state index in [-0.39, 0.29) is 16.3 Å². The fourth-order valence-corrected chi connectivity index (χ4v) is 1.50. The summed E-state index contributed by atoms with van der Waals surface area (Å²) < 4.78 is 5.37. The standard InChI is InChI=1S/C10H15Cl2N3O/c1-2-3-4-5-6-7-16-9-8(11)14-15-10(12)13-9/h2-7H2,1H3. The molecule has 0 spiro atoms. The van der Waals surface area contributed by atoms with Crippen LogP contribution in [0.25, 0.3) is 0 Å². The van der Waals surface area contributed by atoms with Gasteiger partial charge in [0.05, 0.1) is 6.61 Å². The summed E-state index contributed by atoms with van der Waals surface area (Å²) >= 11 is 11.3. The summed E-state index contributed by atoms with van der Waals surface area (Å²) in [5, 5.41) is 7.30. The second-order valence-corrected chi connectivity index (χ2v) is 4.14. The highest BCUT2D eigenvalue weighted by atomic mass is 35.5. The van der Waals surface area contributed by atoms with Crippen molar-refractivity contribution in [3.63, 3.8) is 0 Å². The van der Waals surface area contributed by atoms with Gasteiger partial charge in [-0.1, -0.05) is 44.2 Å². The molecule has 0 aliphatic rings. The summed E-state index contributed by atoms with van der Waals surface area (Å²) in [6.45, 7) is 2.77. The molecular weight excluding hydrogens is 249 g/mol. The molecule has 16 heavy (non-hydrogen) atoms. The van der Waals surface area contributed by atoms with E-state index in [0.29, 0.717) is 6.61 Å². The summed E-state index contributed by atoms with van der Waals surface area (Å²) in [6, 6.07) is 0. The maximum atomic E-state index is 5.74. The van der Waals surface area contributed by atoms with Crippen LogP contribution in [-0.2, 0) is 0 Å². The molecule has 0 fully saturated rings. The van der Waals surface area contributed by atoms with Gasteiger partial charge >= 0.3 is 0 Å². The molecule has 0 aromatic carbocycles. The second-order valence-electron chi connectivity index (χ2n) is 3.44. The van der Waals surface area contributed by atoms with Crippen molar-refractivity contribution in [3.05, 3.63) is 10.4 Å². The summed E-state index contributed by atoms with van der Waals surface area (Å²) in [6.07, 6.45) is 5.87. The Balaban J connectivity index is 2.23. The van der Waals surface area contributed by atoms with Crippen LogP contribution in [0.15, 0.2) is 0 Å². The summed E-state index contributed by atoms with van der Waals surface area (Å²) in [7, 11) is 0. The summed E-state index contributed by atoms with van der Waals surface area (Å²) in [5.41, 5.74) is 0. The molecule has 0 saturated carbocycles. The molecule has 90 valence electrons. The van der Waals surface area contributed by atoms with Crippen LogP contribution in [-0.4, -0.2) is 21.8 Å². The lowest BCUT2D eigenvalue weighted by atomic mass is 10.2. The average Bonchev–Trinajstić information content (AvgIpc) is 2.28. The Hall–Kier alpha value is -0.610. The van der Waals surface area contributed by atoms with Gasteiger partial charge in [-0.25, -0.2) is 0 Å². The minimum Gasteiger partial charge on any atom is -0.475 e. The van der Waals surface area contributed by atoms with Gasteiger partial charge in [-0.3, -0.25) is 0 Å². The van der Waals surface area contributed by atoms with Crippen LogP contribution >= 0.6 is 23.2 Å². The van der Waals surface area contributed by atoms with Gasteiger partial charge in [0.2, 0.25) is 10.4 Å². The molecule has 6 heteroatoms. The highest BCUT2D eigenvalue weighted by Gasteiger charge is 2.06. The number of ether oxygens (including phenoxy) is 1. The van der Waals surface area contributed by atoms with Crippen LogP contribution in [0.4, 0.5) is 0 Å². The summed E-state index contributed by atoms with van der Waals surface area (Å²) in [5.74, 6) is 0.261. The van der Waals surface area contributed by atoms with Crippen LogP contribution in [0.5, 0.6) is 5.88 Å². The number of halogens is 2. The molecule has 0 atom stereocenters. The molecule has 0 radical (unpaired) electrons. The zero-order valence-corrected chi connectivity index (χ0v) is 10.8. The lowest BCUT2D eigenvalue weighted by Crippen LogP contribution is -2.02. The minimum absolute atomic E-state index is 0.0467. The normalized spacial score (nSPS) is 10.4. The molecule has 1 heterocycles. The molecule has 0 bridgehead atoms. The molecule has 1 aromatic heterocycles. The quantitative estimate of drug-likeness (QED) is 0.707. The molecule has 1 rings (SSSR count). The first-order chi connectivity index (χ1) is 7.74. The van der Waals surface area contributed by atoms with Crippen molar-refractivity contribution >= 4 is 23.2 Å². The Morgan fingerprint density at radius 1 is 1.06 bits per heavy atom. The third-order valence-electron chi connectivity index (χ3n) is 2.08. The number of rotatable bonds is 7. The number of hydrogen-bond donors (Lipinski definition) is 0. The van der Waals surface area contributed by atoms with Crippen molar-refractivity contribution in [2.75, 3.05) is 6.61 Å². The zero-order valence-electron chi connectivity index (χ0n) is 9.25. The van der Waals surface area contributed by atoms with Gasteiger partial charge in [-0.05, 0) is 18.0 Å². The van der Waals surface area contributed by atoms with Gasteiger partial charge in [-0.15, -0.1) is 10.2 Å². The van der Waals surface area contributed by atoms with E-state index < -0.39 is 0 Å². The molecule has 0 aliphatic carbocycles. The first-order valence-corrected chi connectivity index (χ1v) is 6.18. The van der Waals surface area contributed by atoms with E-state index in [9.17, 15) is 0 Å². The predicted molar refractivity (Wildman–Crippen MR) is 64.1 cm³/mol. The Bertz CT molecular complexity index is 323. The number of unbranched alkanes of at least 4 members (excludes halogenated alkanes) is 4. The highest BCUT2D eigenvalue weighted by Crippen LogP contribution is 2.19. The molecule has 0 aliphatic heterocycles. The molecule has 0 saturated heterocycles. The lowest BCUT2D eigenvalue weighted by Gasteiger charge is -2.05. The molecule has 0 amide bonds. The van der Waals surface area contributed by atoms with Crippen molar-refractivity contribution in [3.8, 4) is 5.88 Å². The number of nitrogens with zero attached hydrogens (tertiary/aromatic N) is 3. The largest absolute Gasteiger partial charge is 0.475 e. The van der Waals surface area contributed by atoms with E-state index in [1.54, 1.807) is 0 Å². The minimum atomic E-state index is 0.0467. The van der Waals surface area contributed by atoms with Crippen LogP contribution in [0.2, 0.25) is 10.4 Å². The zero-order chi connectivity index (χ0) is 11.8. The van der Waals surface area contributed by atoms with Gasteiger partial charge < -0.3 is 4.74 Å². The first-order valence-electron chi connectivity index (χ1n) is 5.42. The number of hydrogen-bond acceptors (Lipinski definition) is 4. The highest BCUT2D eigenvalue weighted by molar-refractivity contribution is 6.31. The second kappa shape index (κ2) is 7.63. The maximum Gasteiger partial charge on any atom is 0.256 e. The fraction of sp³-hybridized carbons (Fsp3) is 0.700. The van der Waals surface area contributed by atoms with E-state index in [2.05, 4.69) is 22.1 Å². The van der Waals surface area contributed by atoms with Crippen LogP contribution in [0.3, 0.4) is 0 Å². The summed E-state index contributed by atoms with van der Waals surface area (Å²) in [4.78, 5) is 3.84. The van der Waals surface area contributed by atoms with Gasteiger partial charge in [0.15, 0.2) is 0 Å². The van der Waals surface area contributed by atoms with Crippen LogP contribution in [0, 0.1) is 0 Å². The Labute approximate surface area is 105 Å². The third-order valence-corrected chi connectivity index (χ3v) is 2.47. The molecule has 0 unspecified atom stereocenters. The molecule has 4 nitrogen and oxygen atoms in total. The van der Waals surface area contributed by atoms with Crippen LogP contribution in [0.1, 0.15) is 39.0 Å². The third kappa shape index (κ3) is 4.94.